The first kappa shape index (κ1) is 26.9. The Bertz CT molecular complexity index is 1760. The largest absolute Gasteiger partial charge is 0.438 e. The summed E-state index contributed by atoms with van der Waals surface area (Å²) in [5.41, 5.74) is 3.27. The van der Waals surface area contributed by atoms with Crippen LogP contribution in [0, 0.1) is 13.8 Å². The third kappa shape index (κ3) is 4.78. The zero-order valence-corrected chi connectivity index (χ0v) is 23.2. The van der Waals surface area contributed by atoms with Gasteiger partial charge in [0.25, 0.3) is 11.5 Å². The summed E-state index contributed by atoms with van der Waals surface area (Å²) in [6.45, 7) is 7.93. The Morgan fingerprint density at radius 3 is 2.42 bits per heavy atom. The Labute approximate surface area is 232 Å². The van der Waals surface area contributed by atoms with E-state index in [-0.39, 0.29) is 17.2 Å². The second-order valence-corrected chi connectivity index (χ2v) is 10.1. The summed E-state index contributed by atoms with van der Waals surface area (Å²) in [7, 11) is 1.65. The van der Waals surface area contributed by atoms with Gasteiger partial charge in [0.05, 0.1) is 0 Å². The van der Waals surface area contributed by atoms with Gasteiger partial charge in [0.15, 0.2) is 0 Å². The van der Waals surface area contributed by atoms with Crippen molar-refractivity contribution >= 4 is 16.8 Å². The second kappa shape index (κ2) is 10.5. The molecular formula is C32H32N4O4. The number of rotatable bonds is 7. The fraction of sp³-hybridized carbons (Fsp3) is 0.219. The summed E-state index contributed by atoms with van der Waals surface area (Å²) in [4.78, 5) is 33.5. The van der Waals surface area contributed by atoms with Crippen LogP contribution in [0.15, 0.2) is 77.9 Å². The average molecular weight is 537 g/mol. The van der Waals surface area contributed by atoms with Gasteiger partial charge in [-0.3, -0.25) is 9.59 Å². The molecule has 0 saturated carbocycles. The van der Waals surface area contributed by atoms with Crippen LogP contribution in [0.5, 0.6) is 11.6 Å². The van der Waals surface area contributed by atoms with E-state index in [2.05, 4.69) is 10.3 Å². The number of fused-ring (bicyclic) bond motifs is 1. The average Bonchev–Trinajstić information content (AvgIpc) is 3.40. The molecule has 0 aliphatic heterocycles. The van der Waals surface area contributed by atoms with Crippen molar-refractivity contribution in [1.82, 2.24) is 19.9 Å². The van der Waals surface area contributed by atoms with Crippen LogP contribution in [-0.4, -0.2) is 32.1 Å². The highest BCUT2D eigenvalue weighted by atomic mass is 16.5. The van der Waals surface area contributed by atoms with Gasteiger partial charge in [-0.05, 0) is 56.5 Å². The van der Waals surface area contributed by atoms with Crippen LogP contribution in [0.2, 0.25) is 0 Å². The Morgan fingerprint density at radius 2 is 1.75 bits per heavy atom. The van der Waals surface area contributed by atoms with Crippen molar-refractivity contribution in [3.05, 3.63) is 111 Å². The number of carbonyl (C=O) groups is 1. The number of hydrogen-bond acceptors (Lipinski definition) is 5. The van der Waals surface area contributed by atoms with E-state index in [1.165, 1.54) is 4.57 Å². The minimum absolute atomic E-state index is 0.271. The standard InChI is InChI=1S/C32H32N4O4/c1-6-33-29(37)26-16-23-25(18-36(5)31(38)27(23)35-26)24-15-22(32(4,39)21-13-8-7-9-14-21)17-34-30(24)40-28-19(2)11-10-12-20(28)3/h7-18,35,39H,6H2,1-5H3,(H,33,37). The number of aromatic amines is 1. The Hall–Kier alpha value is -4.69. The molecule has 2 aromatic carbocycles. The van der Waals surface area contributed by atoms with Crippen LogP contribution in [-0.2, 0) is 12.6 Å². The molecule has 0 spiro atoms. The molecule has 8 heteroatoms. The molecule has 0 aliphatic carbocycles. The third-order valence-corrected chi connectivity index (χ3v) is 7.19. The predicted octanol–water partition coefficient (Wildman–Crippen LogP) is 5.34. The van der Waals surface area contributed by atoms with Crippen molar-refractivity contribution in [3.63, 3.8) is 0 Å². The molecule has 0 radical (unpaired) electrons. The van der Waals surface area contributed by atoms with Gasteiger partial charge in [0.1, 0.15) is 22.6 Å². The van der Waals surface area contributed by atoms with Gasteiger partial charge in [-0.1, -0.05) is 48.5 Å². The Balaban J connectivity index is 1.78. The molecule has 5 aromatic rings. The summed E-state index contributed by atoms with van der Waals surface area (Å²) < 4.78 is 7.90. The minimum atomic E-state index is -1.36. The lowest BCUT2D eigenvalue weighted by atomic mass is 9.88. The summed E-state index contributed by atoms with van der Waals surface area (Å²) in [5.74, 6) is 0.681. The fourth-order valence-corrected chi connectivity index (χ4v) is 4.91. The van der Waals surface area contributed by atoms with E-state index < -0.39 is 5.60 Å². The molecule has 1 atom stereocenters. The number of carbonyl (C=O) groups excluding carboxylic acids is 1. The molecule has 204 valence electrons. The summed E-state index contributed by atoms with van der Waals surface area (Å²) in [6.07, 6.45) is 3.31. The number of aliphatic hydroxyl groups is 1. The van der Waals surface area contributed by atoms with Crippen LogP contribution in [0.25, 0.3) is 22.0 Å². The van der Waals surface area contributed by atoms with Crippen LogP contribution in [0.3, 0.4) is 0 Å². The molecule has 3 N–H and O–H groups in total. The normalized spacial score (nSPS) is 12.8. The first-order valence-electron chi connectivity index (χ1n) is 13.1. The summed E-state index contributed by atoms with van der Waals surface area (Å²) in [5, 5.41) is 15.0. The predicted molar refractivity (Wildman–Crippen MR) is 156 cm³/mol. The number of amides is 1. The molecule has 0 aliphatic rings. The van der Waals surface area contributed by atoms with Crippen LogP contribution < -0.4 is 15.6 Å². The van der Waals surface area contributed by atoms with Crippen molar-refractivity contribution < 1.29 is 14.6 Å². The molecule has 3 heterocycles. The van der Waals surface area contributed by atoms with E-state index >= 15 is 0 Å². The fourth-order valence-electron chi connectivity index (χ4n) is 4.91. The number of H-pyrrole nitrogens is 1. The van der Waals surface area contributed by atoms with Gasteiger partial charge in [0, 0.05) is 48.1 Å². The number of hydrogen-bond donors (Lipinski definition) is 3. The van der Waals surface area contributed by atoms with Gasteiger partial charge in [-0.2, -0.15) is 0 Å². The Kier molecular flexibility index (Phi) is 7.04. The van der Waals surface area contributed by atoms with Crippen LogP contribution >= 0.6 is 0 Å². The minimum Gasteiger partial charge on any atom is -0.438 e. The molecule has 8 nitrogen and oxygen atoms in total. The lowest BCUT2D eigenvalue weighted by Crippen LogP contribution is -2.23. The highest BCUT2D eigenvalue weighted by molar-refractivity contribution is 6.03. The molecule has 5 rings (SSSR count). The van der Waals surface area contributed by atoms with Gasteiger partial charge >= 0.3 is 0 Å². The number of pyridine rings is 2. The highest BCUT2D eigenvalue weighted by Gasteiger charge is 2.28. The monoisotopic (exact) mass is 536 g/mol. The maximum atomic E-state index is 13.1. The molecule has 40 heavy (non-hydrogen) atoms. The molecule has 0 bridgehead atoms. The van der Waals surface area contributed by atoms with E-state index in [1.807, 2.05) is 75.4 Å². The number of para-hydroxylation sites is 1. The number of aromatic nitrogens is 3. The van der Waals surface area contributed by atoms with E-state index in [9.17, 15) is 14.7 Å². The van der Waals surface area contributed by atoms with E-state index in [1.54, 1.807) is 32.4 Å². The number of benzene rings is 2. The number of nitrogens with one attached hydrogen (secondary N) is 2. The number of aryl methyl sites for hydroxylation is 3. The van der Waals surface area contributed by atoms with Crippen molar-refractivity contribution in [3.8, 4) is 22.8 Å². The van der Waals surface area contributed by atoms with Gasteiger partial charge < -0.3 is 24.7 Å². The van der Waals surface area contributed by atoms with Gasteiger partial charge in [-0.15, -0.1) is 0 Å². The summed E-state index contributed by atoms with van der Waals surface area (Å²) >= 11 is 0. The number of ether oxygens (including phenoxy) is 1. The lowest BCUT2D eigenvalue weighted by Gasteiger charge is -2.25. The zero-order valence-electron chi connectivity index (χ0n) is 23.2. The van der Waals surface area contributed by atoms with Gasteiger partial charge in [-0.25, -0.2) is 4.98 Å². The molecule has 1 amide bonds. The van der Waals surface area contributed by atoms with Crippen molar-refractivity contribution in [2.45, 2.75) is 33.3 Å². The maximum Gasteiger partial charge on any atom is 0.274 e. The van der Waals surface area contributed by atoms with Crippen molar-refractivity contribution in [1.29, 1.82) is 0 Å². The first-order chi connectivity index (χ1) is 19.1. The molecular weight excluding hydrogens is 504 g/mol. The SMILES string of the molecule is CCNC(=O)c1cc2c(-c3cc(C(C)(O)c4ccccc4)cnc3Oc3c(C)cccc3C)cn(C)c(=O)c2[nH]1. The van der Waals surface area contributed by atoms with Crippen LogP contribution in [0.4, 0.5) is 0 Å². The topological polar surface area (TPSA) is 109 Å². The van der Waals surface area contributed by atoms with Crippen molar-refractivity contribution in [2.24, 2.45) is 7.05 Å². The zero-order chi connectivity index (χ0) is 28.6. The molecule has 3 aromatic heterocycles. The smallest absolute Gasteiger partial charge is 0.274 e. The van der Waals surface area contributed by atoms with Gasteiger partial charge in [0.2, 0.25) is 5.88 Å². The van der Waals surface area contributed by atoms with Crippen molar-refractivity contribution in [2.75, 3.05) is 6.54 Å². The third-order valence-electron chi connectivity index (χ3n) is 7.19. The first-order valence-corrected chi connectivity index (χ1v) is 13.1. The second-order valence-electron chi connectivity index (χ2n) is 10.1. The molecule has 1 unspecified atom stereocenters. The number of nitrogens with zero attached hydrogens (tertiary/aromatic N) is 2. The quantitative estimate of drug-likeness (QED) is 0.260. The lowest BCUT2D eigenvalue weighted by molar-refractivity contribution is 0.0951. The van der Waals surface area contributed by atoms with Crippen LogP contribution in [0.1, 0.15) is 46.6 Å². The highest BCUT2D eigenvalue weighted by Crippen LogP contribution is 2.40. The maximum absolute atomic E-state index is 13.1. The van der Waals surface area contributed by atoms with E-state index in [4.69, 9.17) is 9.72 Å². The molecule has 0 saturated heterocycles. The molecule has 0 fully saturated rings. The van der Waals surface area contributed by atoms with E-state index in [0.29, 0.717) is 51.3 Å². The van der Waals surface area contributed by atoms with E-state index in [0.717, 1.165) is 11.1 Å². The summed E-state index contributed by atoms with van der Waals surface area (Å²) in [6, 6.07) is 18.7. The Morgan fingerprint density at radius 1 is 1.05 bits per heavy atom.